The molecular formula is C14H19NO. The molecule has 0 aliphatic carbocycles. The van der Waals surface area contributed by atoms with E-state index in [-0.39, 0.29) is 0 Å². The van der Waals surface area contributed by atoms with E-state index < -0.39 is 0 Å². The molecule has 16 heavy (non-hydrogen) atoms. The summed E-state index contributed by atoms with van der Waals surface area (Å²) in [5.41, 5.74) is 4.07. The van der Waals surface area contributed by atoms with E-state index in [0.29, 0.717) is 12.3 Å². The van der Waals surface area contributed by atoms with Crippen LogP contribution in [0.1, 0.15) is 36.8 Å². The molecule has 1 unspecified atom stereocenters. The first kappa shape index (κ1) is 11.2. The van der Waals surface area contributed by atoms with Gasteiger partial charge in [0, 0.05) is 25.7 Å². The van der Waals surface area contributed by atoms with Gasteiger partial charge in [0.05, 0.1) is 0 Å². The number of fused-ring (bicyclic) bond motifs is 1. The summed E-state index contributed by atoms with van der Waals surface area (Å²) in [6.45, 7) is 3.25. The zero-order valence-electron chi connectivity index (χ0n) is 10.1. The fourth-order valence-corrected chi connectivity index (χ4v) is 2.36. The molecule has 0 radical (unpaired) electrons. The third-order valence-corrected chi connectivity index (χ3v) is 3.48. The van der Waals surface area contributed by atoms with E-state index in [1.165, 1.54) is 29.7 Å². The van der Waals surface area contributed by atoms with Crippen LogP contribution in [0.2, 0.25) is 0 Å². The molecule has 2 heteroatoms. The Balaban J connectivity index is 2.29. The van der Waals surface area contributed by atoms with Crippen LogP contribution in [0.5, 0.6) is 0 Å². The summed E-state index contributed by atoms with van der Waals surface area (Å²) in [5, 5.41) is 0. The smallest absolute Gasteiger partial charge is 0.120 e. The van der Waals surface area contributed by atoms with E-state index in [4.69, 9.17) is 0 Å². The Morgan fingerprint density at radius 3 is 3.06 bits per heavy atom. The molecule has 1 aromatic rings. The SMILES string of the molecule is CC(CC=O)c1ccc2c(c1)N(C)CCC2. The Morgan fingerprint density at radius 2 is 2.31 bits per heavy atom. The highest BCUT2D eigenvalue weighted by Crippen LogP contribution is 2.30. The Labute approximate surface area is 97.3 Å². The number of benzene rings is 1. The number of hydrogen-bond donors (Lipinski definition) is 0. The van der Waals surface area contributed by atoms with E-state index in [1.807, 2.05) is 0 Å². The second kappa shape index (κ2) is 4.69. The van der Waals surface area contributed by atoms with Gasteiger partial charge in [-0.2, -0.15) is 0 Å². The number of rotatable bonds is 3. The van der Waals surface area contributed by atoms with Crippen LogP contribution in [0.4, 0.5) is 5.69 Å². The van der Waals surface area contributed by atoms with Crippen LogP contribution in [-0.4, -0.2) is 19.9 Å². The van der Waals surface area contributed by atoms with E-state index >= 15 is 0 Å². The average Bonchev–Trinajstić information content (AvgIpc) is 2.29. The number of aldehydes is 1. The molecule has 0 fully saturated rings. The summed E-state index contributed by atoms with van der Waals surface area (Å²) < 4.78 is 0. The summed E-state index contributed by atoms with van der Waals surface area (Å²) in [6.07, 6.45) is 4.05. The van der Waals surface area contributed by atoms with Gasteiger partial charge < -0.3 is 9.69 Å². The van der Waals surface area contributed by atoms with Gasteiger partial charge in [0.1, 0.15) is 6.29 Å². The van der Waals surface area contributed by atoms with E-state index in [2.05, 4.69) is 37.1 Å². The Bertz CT molecular complexity index is 386. The van der Waals surface area contributed by atoms with Crippen LogP contribution in [0.15, 0.2) is 18.2 Å². The van der Waals surface area contributed by atoms with Crippen molar-refractivity contribution in [1.82, 2.24) is 0 Å². The van der Waals surface area contributed by atoms with Gasteiger partial charge >= 0.3 is 0 Å². The van der Waals surface area contributed by atoms with Crippen molar-refractivity contribution in [3.8, 4) is 0 Å². The first-order valence-corrected chi connectivity index (χ1v) is 6.00. The molecular weight excluding hydrogens is 198 g/mol. The van der Waals surface area contributed by atoms with Gasteiger partial charge in [0.25, 0.3) is 0 Å². The van der Waals surface area contributed by atoms with Crippen molar-refractivity contribution in [3.05, 3.63) is 29.3 Å². The summed E-state index contributed by atoms with van der Waals surface area (Å²) in [7, 11) is 2.15. The summed E-state index contributed by atoms with van der Waals surface area (Å²) in [6, 6.07) is 6.65. The fraction of sp³-hybridized carbons (Fsp3) is 0.500. The van der Waals surface area contributed by atoms with Gasteiger partial charge in [0.15, 0.2) is 0 Å². The summed E-state index contributed by atoms with van der Waals surface area (Å²) in [5.74, 6) is 0.332. The van der Waals surface area contributed by atoms with Crippen LogP contribution in [0, 0.1) is 0 Å². The molecule has 0 N–H and O–H groups in total. The standard InChI is InChI=1S/C14H19NO/c1-11(7-9-16)13-6-5-12-4-3-8-15(2)14(12)10-13/h5-6,9-11H,3-4,7-8H2,1-2H3. The topological polar surface area (TPSA) is 20.3 Å². The van der Waals surface area contributed by atoms with Crippen molar-refractivity contribution in [1.29, 1.82) is 0 Å². The Kier molecular flexibility index (Phi) is 3.28. The minimum Gasteiger partial charge on any atom is -0.374 e. The average molecular weight is 217 g/mol. The van der Waals surface area contributed by atoms with Crippen LogP contribution < -0.4 is 4.90 Å². The zero-order valence-corrected chi connectivity index (χ0v) is 10.1. The highest BCUT2D eigenvalue weighted by molar-refractivity contribution is 5.58. The van der Waals surface area contributed by atoms with Crippen LogP contribution in [-0.2, 0) is 11.2 Å². The maximum atomic E-state index is 10.5. The second-order valence-electron chi connectivity index (χ2n) is 4.72. The molecule has 0 saturated heterocycles. The molecule has 2 rings (SSSR count). The molecule has 0 saturated carbocycles. The lowest BCUT2D eigenvalue weighted by Crippen LogP contribution is -2.24. The summed E-state index contributed by atoms with van der Waals surface area (Å²) in [4.78, 5) is 12.8. The number of hydrogen-bond acceptors (Lipinski definition) is 2. The van der Waals surface area contributed by atoms with Gasteiger partial charge in [-0.05, 0) is 36.0 Å². The molecule has 86 valence electrons. The molecule has 0 spiro atoms. The predicted octanol–water partition coefficient (Wildman–Crippen LogP) is 2.76. The molecule has 1 aromatic carbocycles. The lowest BCUT2D eigenvalue weighted by atomic mass is 9.93. The summed E-state index contributed by atoms with van der Waals surface area (Å²) >= 11 is 0. The third-order valence-electron chi connectivity index (χ3n) is 3.48. The van der Waals surface area contributed by atoms with E-state index in [9.17, 15) is 4.79 Å². The maximum Gasteiger partial charge on any atom is 0.120 e. The maximum absolute atomic E-state index is 10.5. The Morgan fingerprint density at radius 1 is 1.50 bits per heavy atom. The van der Waals surface area contributed by atoms with Crippen LogP contribution in [0.3, 0.4) is 0 Å². The largest absolute Gasteiger partial charge is 0.374 e. The molecule has 0 aromatic heterocycles. The number of aryl methyl sites for hydroxylation is 1. The second-order valence-corrected chi connectivity index (χ2v) is 4.72. The number of anilines is 1. The third kappa shape index (κ3) is 2.11. The monoisotopic (exact) mass is 217 g/mol. The van der Waals surface area contributed by atoms with Crippen molar-refractivity contribution >= 4 is 12.0 Å². The van der Waals surface area contributed by atoms with E-state index in [0.717, 1.165) is 12.8 Å². The normalized spacial score (nSPS) is 16.8. The quantitative estimate of drug-likeness (QED) is 0.726. The van der Waals surface area contributed by atoms with Crippen molar-refractivity contribution in [2.45, 2.75) is 32.1 Å². The molecule has 0 bridgehead atoms. The minimum absolute atomic E-state index is 0.332. The zero-order chi connectivity index (χ0) is 11.5. The predicted molar refractivity (Wildman–Crippen MR) is 67.1 cm³/mol. The van der Waals surface area contributed by atoms with Crippen molar-refractivity contribution in [3.63, 3.8) is 0 Å². The Hall–Kier alpha value is -1.31. The van der Waals surface area contributed by atoms with Gasteiger partial charge in [-0.3, -0.25) is 0 Å². The number of nitrogens with zero attached hydrogens (tertiary/aromatic N) is 1. The lowest BCUT2D eigenvalue weighted by molar-refractivity contribution is -0.108. The minimum atomic E-state index is 0.332. The highest BCUT2D eigenvalue weighted by atomic mass is 16.1. The first-order valence-electron chi connectivity index (χ1n) is 6.00. The van der Waals surface area contributed by atoms with Crippen molar-refractivity contribution in [2.75, 3.05) is 18.5 Å². The fourth-order valence-electron chi connectivity index (χ4n) is 2.36. The van der Waals surface area contributed by atoms with Gasteiger partial charge in [-0.25, -0.2) is 0 Å². The van der Waals surface area contributed by atoms with Gasteiger partial charge in [-0.15, -0.1) is 0 Å². The van der Waals surface area contributed by atoms with Crippen LogP contribution >= 0.6 is 0 Å². The van der Waals surface area contributed by atoms with Gasteiger partial charge in [0.2, 0.25) is 0 Å². The van der Waals surface area contributed by atoms with Crippen LogP contribution in [0.25, 0.3) is 0 Å². The number of carbonyl (C=O) groups is 1. The molecule has 0 amide bonds. The molecule has 1 atom stereocenters. The molecule has 2 nitrogen and oxygen atoms in total. The molecule has 1 aliphatic heterocycles. The number of carbonyl (C=O) groups excluding carboxylic acids is 1. The van der Waals surface area contributed by atoms with Gasteiger partial charge in [-0.1, -0.05) is 19.1 Å². The molecule has 1 heterocycles. The first-order chi connectivity index (χ1) is 7.72. The lowest BCUT2D eigenvalue weighted by Gasteiger charge is -2.28. The highest BCUT2D eigenvalue weighted by Gasteiger charge is 2.15. The molecule has 1 aliphatic rings. The van der Waals surface area contributed by atoms with Crippen molar-refractivity contribution in [2.24, 2.45) is 0 Å². The van der Waals surface area contributed by atoms with E-state index in [1.54, 1.807) is 0 Å². The van der Waals surface area contributed by atoms with Crippen molar-refractivity contribution < 1.29 is 4.79 Å².